The molecule has 1 aliphatic heterocycles. The van der Waals surface area contributed by atoms with Crippen LogP contribution in [0.3, 0.4) is 0 Å². The number of hydrogen-bond acceptors (Lipinski definition) is 1. The second kappa shape index (κ2) is 7.47. The smallest absolute Gasteiger partial charge is 0.228 e. The largest absolute Gasteiger partial charge is 0.336 e. The predicted octanol–water partition coefficient (Wildman–Crippen LogP) is 4.94. The van der Waals surface area contributed by atoms with Gasteiger partial charge in [0.25, 0.3) is 0 Å². The van der Waals surface area contributed by atoms with Gasteiger partial charge in [0.15, 0.2) is 0 Å². The highest BCUT2D eigenvalue weighted by atomic mass is 16.2. The first-order valence-electron chi connectivity index (χ1n) is 8.96. The minimum Gasteiger partial charge on any atom is -0.336 e. The Morgan fingerprint density at radius 3 is 2.57 bits per heavy atom. The fourth-order valence-corrected chi connectivity index (χ4v) is 4.04. The van der Waals surface area contributed by atoms with E-state index in [2.05, 4.69) is 38.7 Å². The highest BCUT2D eigenvalue weighted by Gasteiger charge is 2.47. The van der Waals surface area contributed by atoms with Crippen LogP contribution < -0.4 is 0 Å². The maximum atomic E-state index is 12.3. The quantitative estimate of drug-likeness (QED) is 0.501. The summed E-state index contributed by atoms with van der Waals surface area (Å²) in [6.45, 7) is 8.83. The third-order valence-electron chi connectivity index (χ3n) is 5.40. The topological polar surface area (TPSA) is 20.3 Å². The van der Waals surface area contributed by atoms with Gasteiger partial charge in [0.05, 0.1) is 5.92 Å². The number of nitrogens with zero attached hydrogens (tertiary/aromatic N) is 1. The number of hydrogen-bond donors (Lipinski definition) is 0. The summed E-state index contributed by atoms with van der Waals surface area (Å²) in [6.07, 6.45) is 12.4. The molecule has 2 unspecified atom stereocenters. The second-order valence-corrected chi connectivity index (χ2v) is 7.59. The highest BCUT2D eigenvalue weighted by molar-refractivity contribution is 5.86. The van der Waals surface area contributed by atoms with E-state index in [9.17, 15) is 4.79 Å². The van der Waals surface area contributed by atoms with Gasteiger partial charge in [0.1, 0.15) is 0 Å². The number of allylic oxidation sites excluding steroid dienone is 2. The summed E-state index contributed by atoms with van der Waals surface area (Å²) in [5, 5.41) is 0. The van der Waals surface area contributed by atoms with Crippen molar-refractivity contribution in [3.8, 4) is 0 Å². The summed E-state index contributed by atoms with van der Waals surface area (Å²) in [5.74, 6) is 1.40. The van der Waals surface area contributed by atoms with Gasteiger partial charge in [0, 0.05) is 12.1 Å². The third kappa shape index (κ3) is 4.11. The van der Waals surface area contributed by atoms with Gasteiger partial charge in [-0.1, -0.05) is 44.8 Å². The van der Waals surface area contributed by atoms with Crippen LogP contribution in [0.5, 0.6) is 0 Å². The van der Waals surface area contributed by atoms with E-state index in [0.29, 0.717) is 23.9 Å². The first kappa shape index (κ1) is 16.6. The second-order valence-electron chi connectivity index (χ2n) is 7.59. The summed E-state index contributed by atoms with van der Waals surface area (Å²) < 4.78 is 0. The SMILES string of the molecule is CC(C)=CCC[C@@H](C)CC1C(C)C(=O)N1C1CCCCC1. The third-order valence-corrected chi connectivity index (χ3v) is 5.40. The van der Waals surface area contributed by atoms with Crippen LogP contribution in [0.15, 0.2) is 11.6 Å². The lowest BCUT2D eigenvalue weighted by atomic mass is 9.78. The molecule has 0 radical (unpaired) electrons. The number of carbonyl (C=O) groups is 1. The van der Waals surface area contributed by atoms with Crippen LogP contribution in [0, 0.1) is 11.8 Å². The summed E-state index contributed by atoms with van der Waals surface area (Å²) in [7, 11) is 0. The summed E-state index contributed by atoms with van der Waals surface area (Å²) in [6, 6.07) is 1.07. The van der Waals surface area contributed by atoms with Gasteiger partial charge in [-0.15, -0.1) is 0 Å². The molecule has 2 aliphatic rings. The van der Waals surface area contributed by atoms with Crippen molar-refractivity contribution in [1.82, 2.24) is 4.90 Å². The molecular formula is C19H33NO. The molecule has 120 valence electrons. The zero-order chi connectivity index (χ0) is 15.4. The van der Waals surface area contributed by atoms with Crippen LogP contribution in [0.4, 0.5) is 0 Å². The number of rotatable bonds is 6. The zero-order valence-corrected chi connectivity index (χ0v) is 14.4. The zero-order valence-electron chi connectivity index (χ0n) is 14.4. The fraction of sp³-hybridized carbons (Fsp3) is 0.842. The molecule has 1 heterocycles. The Bertz CT molecular complexity index is 377. The summed E-state index contributed by atoms with van der Waals surface area (Å²) in [4.78, 5) is 14.5. The van der Waals surface area contributed by atoms with Crippen molar-refractivity contribution in [1.29, 1.82) is 0 Å². The molecule has 2 rings (SSSR count). The Labute approximate surface area is 131 Å². The highest BCUT2D eigenvalue weighted by Crippen LogP contribution is 2.38. The maximum Gasteiger partial charge on any atom is 0.228 e. The van der Waals surface area contributed by atoms with E-state index in [-0.39, 0.29) is 5.92 Å². The minimum atomic E-state index is 0.262. The summed E-state index contributed by atoms with van der Waals surface area (Å²) >= 11 is 0. The fourth-order valence-electron chi connectivity index (χ4n) is 4.04. The molecule has 0 aromatic carbocycles. The monoisotopic (exact) mass is 291 g/mol. The molecule has 1 saturated carbocycles. The molecule has 0 N–H and O–H groups in total. The van der Waals surface area contributed by atoms with Crippen molar-refractivity contribution in [2.75, 3.05) is 0 Å². The number of β-lactam (4-membered cyclic amide) rings is 1. The molecule has 0 aromatic heterocycles. The van der Waals surface area contributed by atoms with E-state index in [1.165, 1.54) is 56.9 Å². The molecule has 2 heteroatoms. The van der Waals surface area contributed by atoms with Crippen molar-refractivity contribution < 1.29 is 4.79 Å². The van der Waals surface area contributed by atoms with Gasteiger partial charge < -0.3 is 4.90 Å². The molecule has 3 atom stereocenters. The van der Waals surface area contributed by atoms with Gasteiger partial charge in [-0.25, -0.2) is 0 Å². The van der Waals surface area contributed by atoms with E-state index in [1.54, 1.807) is 0 Å². The Hall–Kier alpha value is -0.790. The van der Waals surface area contributed by atoms with Crippen LogP contribution >= 0.6 is 0 Å². The van der Waals surface area contributed by atoms with E-state index in [4.69, 9.17) is 0 Å². The van der Waals surface area contributed by atoms with Crippen molar-refractivity contribution in [3.05, 3.63) is 11.6 Å². The molecule has 0 spiro atoms. The van der Waals surface area contributed by atoms with E-state index in [1.807, 2.05) is 0 Å². The van der Waals surface area contributed by atoms with Crippen LogP contribution in [0.25, 0.3) is 0 Å². The van der Waals surface area contributed by atoms with E-state index < -0.39 is 0 Å². The maximum absolute atomic E-state index is 12.3. The van der Waals surface area contributed by atoms with Crippen LogP contribution in [0.2, 0.25) is 0 Å². The molecule has 0 bridgehead atoms. The predicted molar refractivity (Wildman–Crippen MR) is 89.1 cm³/mol. The Kier molecular flexibility index (Phi) is 5.89. The van der Waals surface area contributed by atoms with Gasteiger partial charge in [0.2, 0.25) is 5.91 Å². The lowest BCUT2D eigenvalue weighted by Gasteiger charge is -2.52. The van der Waals surface area contributed by atoms with Gasteiger partial charge in [-0.2, -0.15) is 0 Å². The molecule has 21 heavy (non-hydrogen) atoms. The molecule has 1 amide bonds. The van der Waals surface area contributed by atoms with Crippen molar-refractivity contribution in [3.63, 3.8) is 0 Å². The Balaban J connectivity index is 1.85. The normalized spacial score (nSPS) is 28.2. The van der Waals surface area contributed by atoms with Gasteiger partial charge >= 0.3 is 0 Å². The minimum absolute atomic E-state index is 0.262. The molecule has 1 aliphatic carbocycles. The van der Waals surface area contributed by atoms with Gasteiger partial charge in [-0.3, -0.25) is 4.79 Å². The van der Waals surface area contributed by atoms with Crippen molar-refractivity contribution in [2.24, 2.45) is 11.8 Å². The molecule has 1 saturated heterocycles. The lowest BCUT2D eigenvalue weighted by Crippen LogP contribution is -2.64. The Morgan fingerprint density at radius 2 is 1.95 bits per heavy atom. The first-order valence-corrected chi connectivity index (χ1v) is 8.96. The lowest BCUT2D eigenvalue weighted by molar-refractivity contribution is -0.162. The van der Waals surface area contributed by atoms with Gasteiger partial charge in [-0.05, 0) is 51.9 Å². The standard InChI is InChI=1S/C19H33NO/c1-14(2)9-8-10-15(3)13-18-16(4)19(21)20(18)17-11-6-5-7-12-17/h9,15-18H,5-8,10-13H2,1-4H3/t15-,16?,18?/m1/s1. The summed E-state index contributed by atoms with van der Waals surface area (Å²) in [5.41, 5.74) is 1.42. The van der Waals surface area contributed by atoms with E-state index >= 15 is 0 Å². The van der Waals surface area contributed by atoms with Crippen LogP contribution in [-0.4, -0.2) is 22.9 Å². The van der Waals surface area contributed by atoms with Crippen LogP contribution in [0.1, 0.15) is 79.1 Å². The molecule has 2 nitrogen and oxygen atoms in total. The number of likely N-dealkylation sites (tertiary alicyclic amines) is 1. The average Bonchev–Trinajstić information content (AvgIpc) is 2.47. The first-order chi connectivity index (χ1) is 10.0. The van der Waals surface area contributed by atoms with Crippen molar-refractivity contribution >= 4 is 5.91 Å². The average molecular weight is 291 g/mol. The molecule has 2 fully saturated rings. The van der Waals surface area contributed by atoms with Crippen LogP contribution in [-0.2, 0) is 4.79 Å². The molecular weight excluding hydrogens is 258 g/mol. The van der Waals surface area contributed by atoms with Crippen molar-refractivity contribution in [2.45, 2.75) is 91.1 Å². The molecule has 0 aromatic rings. The number of amides is 1. The van der Waals surface area contributed by atoms with E-state index in [0.717, 1.165) is 0 Å². The number of carbonyl (C=O) groups excluding carboxylic acids is 1. The Morgan fingerprint density at radius 1 is 1.29 bits per heavy atom.